The molecule has 3 aromatic heterocycles. The van der Waals surface area contributed by atoms with Crippen molar-refractivity contribution in [3.8, 4) is 0 Å². The molecule has 4 rings (SSSR count). The molecule has 9 nitrogen and oxygen atoms in total. The van der Waals surface area contributed by atoms with Gasteiger partial charge in [0.15, 0.2) is 5.69 Å². The Bertz CT molecular complexity index is 1340. The van der Waals surface area contributed by atoms with Crippen LogP contribution in [0.4, 0.5) is 11.4 Å². The van der Waals surface area contributed by atoms with Crippen molar-refractivity contribution >= 4 is 45.2 Å². The molecule has 1 atom stereocenters. The second-order valence-corrected chi connectivity index (χ2v) is 8.25. The number of hydrogen-bond acceptors (Lipinski definition) is 6. The van der Waals surface area contributed by atoms with Crippen LogP contribution in [0.3, 0.4) is 0 Å². The largest absolute Gasteiger partial charge is 0.464 e. The van der Waals surface area contributed by atoms with Crippen molar-refractivity contribution in [2.45, 2.75) is 32.9 Å². The molecule has 0 aliphatic heterocycles. The molecule has 0 fully saturated rings. The van der Waals surface area contributed by atoms with Gasteiger partial charge in [0, 0.05) is 49.1 Å². The molecule has 178 valence electrons. The molecule has 34 heavy (non-hydrogen) atoms. The zero-order valence-electron chi connectivity index (χ0n) is 19.8. The van der Waals surface area contributed by atoms with Crippen molar-refractivity contribution in [3.05, 3.63) is 54.0 Å². The van der Waals surface area contributed by atoms with E-state index in [-0.39, 0.29) is 17.6 Å². The van der Waals surface area contributed by atoms with Crippen LogP contribution >= 0.6 is 0 Å². The lowest BCUT2D eigenvalue weighted by molar-refractivity contribution is -0.114. The molecule has 4 aromatic rings. The minimum absolute atomic E-state index is 0.0532. The van der Waals surface area contributed by atoms with Crippen molar-refractivity contribution < 1.29 is 19.1 Å². The maximum absolute atomic E-state index is 12.9. The van der Waals surface area contributed by atoms with Gasteiger partial charge in [0.2, 0.25) is 5.91 Å². The third-order valence-corrected chi connectivity index (χ3v) is 5.69. The van der Waals surface area contributed by atoms with Gasteiger partial charge in [-0.3, -0.25) is 4.79 Å². The van der Waals surface area contributed by atoms with Gasteiger partial charge in [0.25, 0.3) is 0 Å². The molecule has 0 saturated carbocycles. The number of para-hydroxylation sites is 1. The number of hydrogen-bond donors (Lipinski definition) is 3. The Hall–Kier alpha value is -3.85. The fourth-order valence-electron chi connectivity index (χ4n) is 4.28. The molecule has 1 amide bonds. The molecule has 0 aliphatic carbocycles. The molecule has 0 aliphatic rings. The number of aromatic amines is 1. The van der Waals surface area contributed by atoms with Crippen LogP contribution in [0, 0.1) is 0 Å². The summed E-state index contributed by atoms with van der Waals surface area (Å²) in [6.07, 6.45) is 4.36. The third-order valence-electron chi connectivity index (χ3n) is 5.69. The maximum Gasteiger partial charge on any atom is 0.356 e. The third kappa shape index (κ3) is 4.60. The van der Waals surface area contributed by atoms with Crippen LogP contribution in [0.2, 0.25) is 0 Å². The number of anilines is 2. The number of amides is 1. The first-order chi connectivity index (χ1) is 16.4. The fourth-order valence-corrected chi connectivity index (χ4v) is 4.28. The zero-order valence-corrected chi connectivity index (χ0v) is 19.8. The number of H-pyrrole nitrogens is 1. The number of fused-ring (bicyclic) bond motifs is 2. The van der Waals surface area contributed by atoms with E-state index in [1.54, 1.807) is 13.3 Å². The highest BCUT2D eigenvalue weighted by atomic mass is 16.5. The first kappa shape index (κ1) is 23.3. The molecular formula is C25H29N5O4. The average Bonchev–Trinajstić information content (AvgIpc) is 3.36. The quantitative estimate of drug-likeness (QED) is 0.324. The van der Waals surface area contributed by atoms with E-state index in [1.807, 2.05) is 42.0 Å². The Kier molecular flexibility index (Phi) is 6.83. The lowest BCUT2D eigenvalue weighted by Crippen LogP contribution is -2.20. The van der Waals surface area contributed by atoms with Crippen molar-refractivity contribution in [1.82, 2.24) is 14.5 Å². The first-order valence-corrected chi connectivity index (χ1v) is 11.1. The molecule has 1 aromatic carbocycles. The molecule has 3 N–H and O–H groups in total. The number of ether oxygens (including phenoxy) is 2. The predicted octanol–water partition coefficient (Wildman–Crippen LogP) is 3.95. The number of nitrogens with zero attached hydrogens (tertiary/aromatic N) is 2. The van der Waals surface area contributed by atoms with Crippen LogP contribution in [0.5, 0.6) is 0 Å². The topological polar surface area (TPSA) is 110 Å². The van der Waals surface area contributed by atoms with Gasteiger partial charge in [-0.25, -0.2) is 9.78 Å². The van der Waals surface area contributed by atoms with Crippen LogP contribution in [0.15, 0.2) is 42.7 Å². The van der Waals surface area contributed by atoms with Gasteiger partial charge >= 0.3 is 5.97 Å². The monoisotopic (exact) mass is 463 g/mol. The van der Waals surface area contributed by atoms with Crippen molar-refractivity contribution in [1.29, 1.82) is 0 Å². The summed E-state index contributed by atoms with van der Waals surface area (Å²) in [5.74, 6) is -0.824. The normalized spacial score (nSPS) is 12.1. The van der Waals surface area contributed by atoms with Gasteiger partial charge < -0.3 is 29.7 Å². The summed E-state index contributed by atoms with van der Waals surface area (Å²) in [6, 6.07) is 10.0. The summed E-state index contributed by atoms with van der Waals surface area (Å²) in [5.41, 5.74) is 4.19. The molecular weight excluding hydrogens is 434 g/mol. The van der Waals surface area contributed by atoms with Gasteiger partial charge in [-0.15, -0.1) is 0 Å². The van der Waals surface area contributed by atoms with Gasteiger partial charge in [0.1, 0.15) is 5.65 Å². The highest BCUT2D eigenvalue weighted by molar-refractivity contribution is 6.11. The van der Waals surface area contributed by atoms with E-state index < -0.39 is 5.97 Å². The second kappa shape index (κ2) is 9.96. The Morgan fingerprint density at radius 1 is 1.21 bits per heavy atom. The van der Waals surface area contributed by atoms with E-state index in [0.717, 1.165) is 22.2 Å². The fraction of sp³-hybridized carbons (Fsp3) is 0.320. The number of carbonyl (C=O) groups excluding carboxylic acids is 2. The van der Waals surface area contributed by atoms with Crippen LogP contribution in [-0.4, -0.2) is 53.3 Å². The summed E-state index contributed by atoms with van der Waals surface area (Å²) >= 11 is 0. The van der Waals surface area contributed by atoms with E-state index in [9.17, 15) is 9.59 Å². The molecule has 3 heterocycles. The minimum Gasteiger partial charge on any atom is -0.464 e. The molecule has 0 radical (unpaired) electrons. The molecule has 0 spiro atoms. The highest BCUT2D eigenvalue weighted by Crippen LogP contribution is 2.33. The number of rotatable bonds is 9. The maximum atomic E-state index is 12.9. The Balaban J connectivity index is 1.79. The summed E-state index contributed by atoms with van der Waals surface area (Å²) in [4.78, 5) is 32.8. The molecule has 1 unspecified atom stereocenters. The summed E-state index contributed by atoms with van der Waals surface area (Å²) in [5, 5.41) is 7.94. The SMILES string of the molecule is COCC(C)Nc1cnc2c(c1)c(NC(C)=O)c(C(=O)OC)n2CCc1c[nH]c2ccccc12. The molecule has 0 saturated heterocycles. The standard InChI is InChI=1S/C25H29N5O4/c1-15(14-33-3)28-18-11-20-22(29-16(2)31)23(25(32)34-4)30(24(20)27-13-18)10-9-17-12-26-21-8-6-5-7-19(17)21/h5-8,11-13,15,26,28H,9-10,14H2,1-4H3,(H,29,31). The minimum atomic E-state index is -0.539. The van der Waals surface area contributed by atoms with Crippen LogP contribution in [-0.2, 0) is 27.2 Å². The van der Waals surface area contributed by atoms with Gasteiger partial charge in [0.05, 0.1) is 31.3 Å². The number of nitrogens with one attached hydrogen (secondary N) is 3. The second-order valence-electron chi connectivity index (χ2n) is 8.25. The summed E-state index contributed by atoms with van der Waals surface area (Å²) in [7, 11) is 2.97. The number of aromatic nitrogens is 3. The average molecular weight is 464 g/mol. The van der Waals surface area contributed by atoms with Crippen LogP contribution in [0.25, 0.3) is 21.9 Å². The Morgan fingerprint density at radius 3 is 2.74 bits per heavy atom. The number of methoxy groups -OCH3 is 2. The smallest absolute Gasteiger partial charge is 0.356 e. The van der Waals surface area contributed by atoms with Gasteiger partial charge in [-0.1, -0.05) is 18.2 Å². The van der Waals surface area contributed by atoms with E-state index in [2.05, 4.69) is 26.7 Å². The van der Waals surface area contributed by atoms with Crippen LogP contribution in [0.1, 0.15) is 29.9 Å². The Morgan fingerprint density at radius 2 is 2.00 bits per heavy atom. The van der Waals surface area contributed by atoms with Crippen molar-refractivity contribution in [2.75, 3.05) is 31.5 Å². The predicted molar refractivity (Wildman–Crippen MR) is 132 cm³/mol. The molecule has 9 heteroatoms. The summed E-state index contributed by atoms with van der Waals surface area (Å²) in [6.45, 7) is 4.40. The number of benzene rings is 1. The summed E-state index contributed by atoms with van der Waals surface area (Å²) < 4.78 is 12.1. The zero-order chi connectivity index (χ0) is 24.2. The highest BCUT2D eigenvalue weighted by Gasteiger charge is 2.26. The first-order valence-electron chi connectivity index (χ1n) is 11.1. The van der Waals surface area contributed by atoms with E-state index in [4.69, 9.17) is 9.47 Å². The lowest BCUT2D eigenvalue weighted by Gasteiger charge is -2.14. The molecule has 0 bridgehead atoms. The van der Waals surface area contributed by atoms with Crippen molar-refractivity contribution in [3.63, 3.8) is 0 Å². The lowest BCUT2D eigenvalue weighted by atomic mass is 10.1. The van der Waals surface area contributed by atoms with E-state index >= 15 is 0 Å². The van der Waals surface area contributed by atoms with Gasteiger partial charge in [-0.2, -0.15) is 0 Å². The van der Waals surface area contributed by atoms with Gasteiger partial charge in [-0.05, 0) is 31.0 Å². The van der Waals surface area contributed by atoms with Crippen molar-refractivity contribution in [2.24, 2.45) is 0 Å². The van der Waals surface area contributed by atoms with Crippen LogP contribution < -0.4 is 10.6 Å². The van der Waals surface area contributed by atoms with E-state index in [1.165, 1.54) is 14.0 Å². The number of carbonyl (C=O) groups is 2. The Labute approximate surface area is 197 Å². The number of pyridine rings is 1. The number of esters is 1. The van der Waals surface area contributed by atoms with E-state index in [0.29, 0.717) is 36.3 Å². The number of aryl methyl sites for hydroxylation is 2.